The van der Waals surface area contributed by atoms with E-state index in [9.17, 15) is 13.2 Å². The van der Waals surface area contributed by atoms with Gasteiger partial charge in [-0.2, -0.15) is 11.3 Å². The molecule has 0 aliphatic heterocycles. The van der Waals surface area contributed by atoms with E-state index in [0.717, 1.165) is 5.56 Å². The molecule has 0 fully saturated rings. The summed E-state index contributed by atoms with van der Waals surface area (Å²) in [5, 5.41) is 8.87. The number of anilines is 1. The van der Waals surface area contributed by atoms with Gasteiger partial charge >= 0.3 is 0 Å². The predicted molar refractivity (Wildman–Crippen MR) is 79.2 cm³/mol. The zero-order valence-electron chi connectivity index (χ0n) is 10.8. The van der Waals surface area contributed by atoms with Crippen LogP contribution in [0.5, 0.6) is 0 Å². The Balaban J connectivity index is 2.13. The second-order valence-corrected chi connectivity index (χ2v) is 6.64. The van der Waals surface area contributed by atoms with E-state index in [1.165, 1.54) is 17.0 Å². The molecular weight excluding hydrogens is 296 g/mol. The smallest absolute Gasteiger partial charge is 0.238 e. The highest BCUT2D eigenvalue weighted by atomic mass is 32.2. The number of carbonyl (C=O) groups excluding carboxylic acids is 1. The van der Waals surface area contributed by atoms with Crippen LogP contribution in [0.15, 0.2) is 46.0 Å². The largest absolute Gasteiger partial charge is 0.315 e. The maximum atomic E-state index is 12.1. The number of benzene rings is 1. The van der Waals surface area contributed by atoms with Crippen molar-refractivity contribution >= 4 is 33.0 Å². The summed E-state index contributed by atoms with van der Waals surface area (Å²) in [5.74, 6) is -0.0632. The quantitative estimate of drug-likeness (QED) is 0.931. The van der Waals surface area contributed by atoms with E-state index < -0.39 is 10.0 Å². The Bertz CT molecular complexity index is 692. The van der Waals surface area contributed by atoms with Crippen LogP contribution in [0.1, 0.15) is 5.56 Å². The van der Waals surface area contributed by atoms with Gasteiger partial charge in [-0.1, -0.05) is 0 Å². The van der Waals surface area contributed by atoms with Gasteiger partial charge in [0.05, 0.1) is 11.3 Å². The molecule has 20 heavy (non-hydrogen) atoms. The van der Waals surface area contributed by atoms with E-state index >= 15 is 0 Å². The number of rotatable bonds is 4. The first-order valence-corrected chi connectivity index (χ1v) is 8.27. The van der Waals surface area contributed by atoms with Gasteiger partial charge in [-0.05, 0) is 46.7 Å². The lowest BCUT2D eigenvalue weighted by atomic mass is 10.2. The molecule has 2 rings (SSSR count). The molecule has 0 atom stereocenters. The van der Waals surface area contributed by atoms with Gasteiger partial charge in [0.15, 0.2) is 0 Å². The van der Waals surface area contributed by atoms with Crippen LogP contribution in [-0.2, 0) is 21.2 Å². The summed E-state index contributed by atoms with van der Waals surface area (Å²) < 4.78 is 22.3. The average Bonchev–Trinajstić information content (AvgIpc) is 2.90. The predicted octanol–water partition coefficient (Wildman–Crippen LogP) is 1.60. The van der Waals surface area contributed by atoms with E-state index in [4.69, 9.17) is 5.14 Å². The first-order chi connectivity index (χ1) is 9.38. The third kappa shape index (κ3) is 3.44. The number of nitrogens with zero attached hydrogens (tertiary/aromatic N) is 1. The Morgan fingerprint density at radius 3 is 2.40 bits per heavy atom. The topological polar surface area (TPSA) is 80.5 Å². The maximum absolute atomic E-state index is 12.1. The van der Waals surface area contributed by atoms with E-state index in [1.807, 2.05) is 16.8 Å². The Morgan fingerprint density at radius 2 is 1.90 bits per heavy atom. The standard InChI is InChI=1S/C13H14N2O3S2/c1-15(13(16)8-10-6-7-19-9-10)11-2-4-12(5-3-11)20(14,17)18/h2-7,9H,8H2,1H3,(H2,14,17,18). The van der Waals surface area contributed by atoms with Crippen molar-refractivity contribution in [3.63, 3.8) is 0 Å². The van der Waals surface area contributed by atoms with Crippen LogP contribution in [0.4, 0.5) is 5.69 Å². The van der Waals surface area contributed by atoms with Crippen molar-refractivity contribution < 1.29 is 13.2 Å². The summed E-state index contributed by atoms with van der Waals surface area (Å²) in [4.78, 5) is 13.6. The fourth-order valence-electron chi connectivity index (χ4n) is 1.69. The van der Waals surface area contributed by atoms with Crippen LogP contribution in [0.25, 0.3) is 0 Å². The van der Waals surface area contributed by atoms with Crippen molar-refractivity contribution in [2.45, 2.75) is 11.3 Å². The first kappa shape index (κ1) is 14.7. The molecule has 0 aliphatic carbocycles. The van der Waals surface area contributed by atoms with Crippen LogP contribution in [0.2, 0.25) is 0 Å². The summed E-state index contributed by atoms with van der Waals surface area (Å²) in [6.07, 6.45) is 0.316. The minimum atomic E-state index is -3.71. The molecule has 7 heteroatoms. The van der Waals surface area contributed by atoms with Crippen molar-refractivity contribution in [3.8, 4) is 0 Å². The molecule has 2 N–H and O–H groups in total. The van der Waals surface area contributed by atoms with Gasteiger partial charge in [-0.3, -0.25) is 4.79 Å². The number of hydrogen-bond donors (Lipinski definition) is 1. The van der Waals surface area contributed by atoms with Gasteiger partial charge in [-0.25, -0.2) is 13.6 Å². The number of amides is 1. The van der Waals surface area contributed by atoms with Crippen molar-refractivity contribution in [1.82, 2.24) is 0 Å². The number of sulfonamides is 1. The van der Waals surface area contributed by atoms with Gasteiger partial charge in [0, 0.05) is 12.7 Å². The van der Waals surface area contributed by atoms with E-state index in [2.05, 4.69) is 0 Å². The Hall–Kier alpha value is -1.70. The molecule has 2 aromatic rings. The van der Waals surface area contributed by atoms with Crippen LogP contribution in [0.3, 0.4) is 0 Å². The number of carbonyl (C=O) groups is 1. The molecule has 0 bridgehead atoms. The summed E-state index contributed by atoms with van der Waals surface area (Å²) in [5.41, 5.74) is 1.59. The van der Waals surface area contributed by atoms with Gasteiger partial charge in [0.2, 0.25) is 15.9 Å². The molecule has 5 nitrogen and oxygen atoms in total. The molecule has 1 aromatic carbocycles. The zero-order chi connectivity index (χ0) is 14.8. The van der Waals surface area contributed by atoms with Crippen LogP contribution < -0.4 is 10.0 Å². The lowest BCUT2D eigenvalue weighted by molar-refractivity contribution is -0.117. The number of nitrogens with two attached hydrogens (primary N) is 1. The average molecular weight is 310 g/mol. The number of hydrogen-bond acceptors (Lipinski definition) is 4. The fourth-order valence-corrected chi connectivity index (χ4v) is 2.87. The first-order valence-electron chi connectivity index (χ1n) is 5.78. The van der Waals surface area contributed by atoms with E-state index in [0.29, 0.717) is 12.1 Å². The molecule has 106 valence electrons. The number of likely N-dealkylation sites (N-methyl/N-ethyl adjacent to an activating group) is 1. The summed E-state index contributed by atoms with van der Waals surface area (Å²) in [6, 6.07) is 7.80. The monoisotopic (exact) mass is 310 g/mol. The molecule has 0 spiro atoms. The van der Waals surface area contributed by atoms with Crippen molar-refractivity contribution in [2.24, 2.45) is 5.14 Å². The molecule has 1 aromatic heterocycles. The fraction of sp³-hybridized carbons (Fsp3) is 0.154. The van der Waals surface area contributed by atoms with Gasteiger partial charge in [-0.15, -0.1) is 0 Å². The van der Waals surface area contributed by atoms with Crippen LogP contribution >= 0.6 is 11.3 Å². The molecule has 1 amide bonds. The SMILES string of the molecule is CN(C(=O)Cc1ccsc1)c1ccc(S(N)(=O)=O)cc1. The van der Waals surface area contributed by atoms with Crippen LogP contribution in [0, 0.1) is 0 Å². The highest BCUT2D eigenvalue weighted by Crippen LogP contribution is 2.17. The Labute approximate surface area is 121 Å². The van der Waals surface area contributed by atoms with Crippen LogP contribution in [-0.4, -0.2) is 21.4 Å². The van der Waals surface area contributed by atoms with E-state index in [1.54, 1.807) is 30.5 Å². The molecule has 1 heterocycles. The number of thiophene rings is 1. The molecule has 0 saturated heterocycles. The summed E-state index contributed by atoms with van der Waals surface area (Å²) in [7, 11) is -2.06. The second-order valence-electron chi connectivity index (χ2n) is 4.30. The van der Waals surface area contributed by atoms with Crippen molar-refractivity contribution in [3.05, 3.63) is 46.7 Å². The van der Waals surface area contributed by atoms with Gasteiger partial charge in [0.25, 0.3) is 0 Å². The minimum absolute atomic E-state index is 0.0277. The Morgan fingerprint density at radius 1 is 1.25 bits per heavy atom. The summed E-state index contributed by atoms with van der Waals surface area (Å²) >= 11 is 1.54. The third-order valence-corrected chi connectivity index (χ3v) is 4.52. The lowest BCUT2D eigenvalue weighted by Gasteiger charge is -2.17. The van der Waals surface area contributed by atoms with Gasteiger partial charge in [0.1, 0.15) is 0 Å². The third-order valence-electron chi connectivity index (χ3n) is 2.86. The number of primary sulfonamides is 1. The van der Waals surface area contributed by atoms with Crippen molar-refractivity contribution in [1.29, 1.82) is 0 Å². The minimum Gasteiger partial charge on any atom is -0.315 e. The maximum Gasteiger partial charge on any atom is 0.238 e. The summed E-state index contributed by atoms with van der Waals surface area (Å²) in [6.45, 7) is 0. The second kappa shape index (κ2) is 5.74. The highest BCUT2D eigenvalue weighted by molar-refractivity contribution is 7.89. The molecule has 0 radical (unpaired) electrons. The molecular formula is C13H14N2O3S2. The highest BCUT2D eigenvalue weighted by Gasteiger charge is 2.13. The normalized spacial score (nSPS) is 11.3. The Kier molecular flexibility index (Phi) is 4.22. The molecule has 0 aliphatic rings. The molecule has 0 saturated carbocycles. The lowest BCUT2D eigenvalue weighted by Crippen LogP contribution is -2.27. The van der Waals surface area contributed by atoms with Gasteiger partial charge < -0.3 is 4.90 Å². The van der Waals surface area contributed by atoms with Crippen molar-refractivity contribution in [2.75, 3.05) is 11.9 Å². The zero-order valence-corrected chi connectivity index (χ0v) is 12.4. The van der Waals surface area contributed by atoms with E-state index in [-0.39, 0.29) is 10.8 Å². The molecule has 0 unspecified atom stereocenters.